The van der Waals surface area contributed by atoms with Gasteiger partial charge < -0.3 is 4.90 Å². The number of rotatable bonds is 2. The van der Waals surface area contributed by atoms with E-state index in [0.29, 0.717) is 40.5 Å². The van der Waals surface area contributed by atoms with Gasteiger partial charge in [-0.25, -0.2) is 8.42 Å². The van der Waals surface area contributed by atoms with E-state index >= 15 is 0 Å². The van der Waals surface area contributed by atoms with Gasteiger partial charge in [-0.05, 0) is 52.4 Å². The van der Waals surface area contributed by atoms with Crippen molar-refractivity contribution in [2.45, 2.75) is 25.7 Å². The van der Waals surface area contributed by atoms with E-state index < -0.39 is 9.05 Å². The number of likely N-dealkylation sites (tertiary alicyclic amines) is 1. The second kappa shape index (κ2) is 5.89. The van der Waals surface area contributed by atoms with Crippen molar-refractivity contribution < 1.29 is 13.2 Å². The molecule has 1 aromatic rings. The first-order valence-electron chi connectivity index (χ1n) is 6.65. The molecule has 1 saturated heterocycles. The molecular formula is C14H17BrClNO3S. The van der Waals surface area contributed by atoms with Crippen molar-refractivity contribution in [2.24, 2.45) is 11.8 Å². The highest BCUT2D eigenvalue weighted by Gasteiger charge is 2.31. The number of benzene rings is 1. The average molecular weight is 395 g/mol. The number of hydrogen-bond acceptors (Lipinski definition) is 3. The van der Waals surface area contributed by atoms with Gasteiger partial charge in [0.2, 0.25) is 0 Å². The van der Waals surface area contributed by atoms with Gasteiger partial charge in [0.15, 0.2) is 0 Å². The van der Waals surface area contributed by atoms with Crippen LogP contribution in [0.5, 0.6) is 0 Å². The third-order valence-electron chi connectivity index (χ3n) is 4.01. The number of halogens is 2. The standard InChI is InChI=1S/C14H17BrClNO3S/c1-8-4-11(5-12(13(8)15)21(16,19)20)14(18)17-6-9(2)10(3)7-17/h4-5,9-10H,6-7H2,1-3H3. The van der Waals surface area contributed by atoms with Crippen LogP contribution >= 0.6 is 26.6 Å². The number of aryl methyl sites for hydroxylation is 1. The van der Waals surface area contributed by atoms with E-state index in [-0.39, 0.29) is 10.8 Å². The lowest BCUT2D eigenvalue weighted by molar-refractivity contribution is 0.0784. The molecule has 1 aliphatic rings. The summed E-state index contributed by atoms with van der Waals surface area (Å²) in [6, 6.07) is 3.03. The molecular weight excluding hydrogens is 378 g/mol. The van der Waals surface area contributed by atoms with Gasteiger partial charge in [-0.3, -0.25) is 4.79 Å². The average Bonchev–Trinajstić information content (AvgIpc) is 2.70. The lowest BCUT2D eigenvalue weighted by atomic mass is 10.0. The van der Waals surface area contributed by atoms with Gasteiger partial charge in [0.25, 0.3) is 15.0 Å². The van der Waals surface area contributed by atoms with Crippen molar-refractivity contribution in [1.82, 2.24) is 4.90 Å². The Morgan fingerprint density at radius 1 is 1.29 bits per heavy atom. The van der Waals surface area contributed by atoms with E-state index in [0.717, 1.165) is 0 Å². The number of carbonyl (C=O) groups is 1. The van der Waals surface area contributed by atoms with Crippen LogP contribution in [0.2, 0.25) is 0 Å². The summed E-state index contributed by atoms with van der Waals surface area (Å²) in [6.07, 6.45) is 0. The predicted molar refractivity (Wildman–Crippen MR) is 86.1 cm³/mol. The molecule has 0 saturated carbocycles. The summed E-state index contributed by atoms with van der Waals surface area (Å²) in [6.45, 7) is 7.34. The van der Waals surface area contributed by atoms with Gasteiger partial charge in [0, 0.05) is 33.8 Å². The van der Waals surface area contributed by atoms with E-state index in [9.17, 15) is 13.2 Å². The van der Waals surface area contributed by atoms with Gasteiger partial charge >= 0.3 is 0 Å². The second-order valence-corrected chi connectivity index (χ2v) is 9.04. The van der Waals surface area contributed by atoms with Crippen molar-refractivity contribution in [3.8, 4) is 0 Å². The summed E-state index contributed by atoms with van der Waals surface area (Å²) in [7, 11) is 1.53. The monoisotopic (exact) mass is 393 g/mol. The second-order valence-electron chi connectivity index (χ2n) is 5.71. The molecule has 2 unspecified atom stereocenters. The number of hydrogen-bond donors (Lipinski definition) is 0. The van der Waals surface area contributed by atoms with Crippen LogP contribution in [0.25, 0.3) is 0 Å². The van der Waals surface area contributed by atoms with Gasteiger partial charge in [0.1, 0.15) is 0 Å². The number of nitrogens with zero attached hydrogens (tertiary/aromatic N) is 1. The Kier molecular flexibility index (Phi) is 4.71. The Morgan fingerprint density at radius 3 is 2.29 bits per heavy atom. The van der Waals surface area contributed by atoms with E-state index in [2.05, 4.69) is 29.8 Å². The zero-order valence-corrected chi connectivity index (χ0v) is 15.2. The molecule has 2 rings (SSSR count). The third kappa shape index (κ3) is 3.43. The van der Waals surface area contributed by atoms with Crippen LogP contribution in [0.1, 0.15) is 29.8 Å². The first-order chi connectivity index (χ1) is 9.61. The minimum Gasteiger partial charge on any atom is -0.338 e. The Bertz CT molecular complexity index is 680. The van der Waals surface area contributed by atoms with Crippen molar-refractivity contribution in [1.29, 1.82) is 0 Å². The van der Waals surface area contributed by atoms with Gasteiger partial charge in [-0.15, -0.1) is 0 Å². The fourth-order valence-corrected chi connectivity index (χ4v) is 4.67. The summed E-state index contributed by atoms with van der Waals surface area (Å²) in [4.78, 5) is 14.3. The van der Waals surface area contributed by atoms with E-state index in [1.807, 2.05) is 0 Å². The van der Waals surface area contributed by atoms with E-state index in [4.69, 9.17) is 10.7 Å². The van der Waals surface area contributed by atoms with Crippen molar-refractivity contribution in [2.75, 3.05) is 13.1 Å². The summed E-state index contributed by atoms with van der Waals surface area (Å²) in [5.74, 6) is 0.742. The number of carbonyl (C=O) groups excluding carboxylic acids is 1. The van der Waals surface area contributed by atoms with Crippen LogP contribution in [0, 0.1) is 18.8 Å². The highest BCUT2D eigenvalue weighted by atomic mass is 79.9. The maximum atomic E-state index is 12.6. The normalized spacial score (nSPS) is 22.6. The molecule has 0 radical (unpaired) electrons. The molecule has 0 N–H and O–H groups in total. The highest BCUT2D eigenvalue weighted by Crippen LogP contribution is 2.31. The quantitative estimate of drug-likeness (QED) is 0.722. The first kappa shape index (κ1) is 16.8. The smallest absolute Gasteiger partial charge is 0.262 e. The van der Waals surface area contributed by atoms with Crippen LogP contribution < -0.4 is 0 Å². The van der Waals surface area contributed by atoms with Crippen LogP contribution in [0.3, 0.4) is 0 Å². The zero-order valence-electron chi connectivity index (χ0n) is 12.1. The van der Waals surface area contributed by atoms with Crippen LogP contribution in [-0.4, -0.2) is 32.3 Å². The molecule has 1 aliphatic heterocycles. The molecule has 116 valence electrons. The Balaban J connectivity index is 2.42. The summed E-state index contributed by atoms with van der Waals surface area (Å²) in [5, 5.41) is 0. The SMILES string of the molecule is Cc1cc(C(=O)N2CC(C)C(C)C2)cc(S(=O)(=O)Cl)c1Br. The molecule has 1 amide bonds. The highest BCUT2D eigenvalue weighted by molar-refractivity contribution is 9.10. The molecule has 7 heteroatoms. The lowest BCUT2D eigenvalue weighted by Gasteiger charge is -2.17. The fraction of sp³-hybridized carbons (Fsp3) is 0.500. The Morgan fingerprint density at radius 2 is 1.81 bits per heavy atom. The largest absolute Gasteiger partial charge is 0.338 e. The molecule has 2 atom stereocenters. The molecule has 0 aromatic heterocycles. The minimum absolute atomic E-state index is 0.0622. The van der Waals surface area contributed by atoms with Gasteiger partial charge in [0.05, 0.1) is 4.90 Å². The van der Waals surface area contributed by atoms with Crippen molar-refractivity contribution in [3.63, 3.8) is 0 Å². The molecule has 1 fully saturated rings. The van der Waals surface area contributed by atoms with Gasteiger partial charge in [-0.1, -0.05) is 13.8 Å². The molecule has 21 heavy (non-hydrogen) atoms. The van der Waals surface area contributed by atoms with Crippen LogP contribution in [0.4, 0.5) is 0 Å². The molecule has 0 spiro atoms. The molecule has 1 aromatic carbocycles. The first-order valence-corrected chi connectivity index (χ1v) is 9.75. The zero-order chi connectivity index (χ0) is 15.9. The summed E-state index contributed by atoms with van der Waals surface area (Å²) >= 11 is 3.21. The topological polar surface area (TPSA) is 54.5 Å². The summed E-state index contributed by atoms with van der Waals surface area (Å²) in [5.41, 5.74) is 1.02. The summed E-state index contributed by atoms with van der Waals surface area (Å²) < 4.78 is 23.6. The molecule has 1 heterocycles. The van der Waals surface area contributed by atoms with E-state index in [1.165, 1.54) is 6.07 Å². The lowest BCUT2D eigenvalue weighted by Crippen LogP contribution is -2.29. The van der Waals surface area contributed by atoms with Crippen LogP contribution in [0.15, 0.2) is 21.5 Å². The maximum absolute atomic E-state index is 12.6. The Labute approximate surface area is 138 Å². The minimum atomic E-state index is -3.90. The van der Waals surface area contributed by atoms with E-state index in [1.54, 1.807) is 17.9 Å². The van der Waals surface area contributed by atoms with Gasteiger partial charge in [-0.2, -0.15) is 0 Å². The predicted octanol–water partition coefficient (Wildman–Crippen LogP) is 3.41. The molecule has 0 aliphatic carbocycles. The molecule has 4 nitrogen and oxygen atoms in total. The fourth-order valence-electron chi connectivity index (χ4n) is 2.52. The molecule has 0 bridgehead atoms. The van der Waals surface area contributed by atoms with Crippen molar-refractivity contribution >= 4 is 41.6 Å². The Hall–Kier alpha value is -0.590. The van der Waals surface area contributed by atoms with Crippen LogP contribution in [-0.2, 0) is 9.05 Å². The maximum Gasteiger partial charge on any atom is 0.262 e. The number of amides is 1. The third-order valence-corrected chi connectivity index (χ3v) is 6.67. The van der Waals surface area contributed by atoms with Crippen molar-refractivity contribution in [3.05, 3.63) is 27.7 Å².